The minimum Gasteiger partial charge on any atom is -0.390 e. The van der Waals surface area contributed by atoms with E-state index < -0.39 is 0 Å². The zero-order valence-electron chi connectivity index (χ0n) is 8.22. The number of aliphatic hydroxyl groups excluding tert-OH is 1. The second-order valence-electron chi connectivity index (χ2n) is 3.25. The Morgan fingerprint density at radius 2 is 1.80 bits per heavy atom. The van der Waals surface area contributed by atoms with Crippen LogP contribution in [0, 0.1) is 0 Å². The molecule has 0 saturated carbocycles. The molecule has 0 atom stereocenters. The molecule has 0 bridgehead atoms. The summed E-state index contributed by atoms with van der Waals surface area (Å²) < 4.78 is 0. The summed E-state index contributed by atoms with van der Waals surface area (Å²) in [4.78, 5) is 4.10. The van der Waals surface area contributed by atoms with Crippen LogP contribution in [0.4, 0.5) is 5.82 Å². The van der Waals surface area contributed by atoms with Crippen LogP contribution >= 0.6 is 0 Å². The van der Waals surface area contributed by atoms with Crippen LogP contribution in [0.3, 0.4) is 0 Å². The number of nitrogen functional groups attached to an aromatic ring is 1. The largest absolute Gasteiger partial charge is 0.390 e. The Morgan fingerprint density at radius 1 is 1.07 bits per heavy atom. The summed E-state index contributed by atoms with van der Waals surface area (Å²) in [7, 11) is 0. The first-order chi connectivity index (χ1) is 7.31. The summed E-state index contributed by atoms with van der Waals surface area (Å²) >= 11 is 0. The van der Waals surface area contributed by atoms with E-state index >= 15 is 0 Å². The minimum absolute atomic E-state index is 0.102. The van der Waals surface area contributed by atoms with Crippen molar-refractivity contribution in [2.75, 3.05) is 5.73 Å². The Hall–Kier alpha value is -1.87. The van der Waals surface area contributed by atoms with Crippen molar-refractivity contribution < 1.29 is 5.11 Å². The monoisotopic (exact) mass is 200 g/mol. The number of aliphatic hydroxyl groups is 1. The van der Waals surface area contributed by atoms with Gasteiger partial charge in [0, 0.05) is 5.56 Å². The first kappa shape index (κ1) is 9.68. The van der Waals surface area contributed by atoms with Crippen molar-refractivity contribution >= 4 is 5.82 Å². The van der Waals surface area contributed by atoms with E-state index in [0.29, 0.717) is 11.5 Å². The van der Waals surface area contributed by atoms with Gasteiger partial charge in [0.25, 0.3) is 0 Å². The number of pyridine rings is 1. The molecule has 0 spiro atoms. The van der Waals surface area contributed by atoms with Gasteiger partial charge in [-0.3, -0.25) is 0 Å². The third kappa shape index (κ3) is 1.97. The number of anilines is 1. The molecule has 0 aliphatic heterocycles. The Bertz CT molecular complexity index is 454. The van der Waals surface area contributed by atoms with Gasteiger partial charge in [-0.2, -0.15) is 0 Å². The van der Waals surface area contributed by atoms with Gasteiger partial charge < -0.3 is 10.8 Å². The maximum atomic E-state index is 9.19. The number of aromatic nitrogens is 1. The molecule has 3 N–H and O–H groups in total. The van der Waals surface area contributed by atoms with Gasteiger partial charge in [-0.1, -0.05) is 30.3 Å². The highest BCUT2D eigenvalue weighted by Crippen LogP contribution is 2.22. The lowest BCUT2D eigenvalue weighted by molar-refractivity contribution is 0.277. The standard InChI is InChI=1S/C12H12N2O/c13-12-7-6-10(11(8-15)14-12)9-4-2-1-3-5-9/h1-7,15H,8H2,(H2,13,14). The quantitative estimate of drug-likeness (QED) is 0.777. The predicted octanol–water partition coefficient (Wildman–Crippen LogP) is 1.82. The van der Waals surface area contributed by atoms with Crippen molar-refractivity contribution in [1.29, 1.82) is 0 Å². The third-order valence-electron chi connectivity index (χ3n) is 2.23. The molecule has 3 nitrogen and oxygen atoms in total. The van der Waals surface area contributed by atoms with Gasteiger partial charge in [0.05, 0.1) is 12.3 Å². The van der Waals surface area contributed by atoms with Crippen LogP contribution in [0.5, 0.6) is 0 Å². The molecule has 0 radical (unpaired) electrons. The highest BCUT2D eigenvalue weighted by molar-refractivity contribution is 5.66. The molecule has 2 rings (SSSR count). The molecule has 1 aromatic carbocycles. The van der Waals surface area contributed by atoms with Crippen molar-refractivity contribution in [3.05, 3.63) is 48.2 Å². The highest BCUT2D eigenvalue weighted by atomic mass is 16.3. The maximum absolute atomic E-state index is 9.19. The van der Waals surface area contributed by atoms with Crippen molar-refractivity contribution in [2.45, 2.75) is 6.61 Å². The average molecular weight is 200 g/mol. The SMILES string of the molecule is Nc1ccc(-c2ccccc2)c(CO)n1. The number of hydrogen-bond donors (Lipinski definition) is 2. The van der Waals surface area contributed by atoms with E-state index in [4.69, 9.17) is 5.73 Å². The van der Waals surface area contributed by atoms with Gasteiger partial charge in [-0.25, -0.2) is 4.98 Å². The summed E-state index contributed by atoms with van der Waals surface area (Å²) in [5, 5.41) is 9.19. The molecule has 0 saturated heterocycles. The van der Waals surface area contributed by atoms with Gasteiger partial charge in [0.1, 0.15) is 5.82 Å². The molecule has 0 aliphatic rings. The van der Waals surface area contributed by atoms with Crippen LogP contribution in [-0.4, -0.2) is 10.1 Å². The molecule has 15 heavy (non-hydrogen) atoms. The van der Waals surface area contributed by atoms with Crippen LogP contribution in [0.1, 0.15) is 5.69 Å². The van der Waals surface area contributed by atoms with Crippen LogP contribution in [0.2, 0.25) is 0 Å². The zero-order valence-corrected chi connectivity index (χ0v) is 8.22. The Labute approximate surface area is 88.2 Å². The molecular formula is C12H12N2O. The summed E-state index contributed by atoms with van der Waals surface area (Å²) in [6.45, 7) is -0.102. The number of rotatable bonds is 2. The van der Waals surface area contributed by atoms with Crippen LogP contribution in [0.15, 0.2) is 42.5 Å². The lowest BCUT2D eigenvalue weighted by Gasteiger charge is -2.07. The Balaban J connectivity index is 2.53. The van der Waals surface area contributed by atoms with Crippen molar-refractivity contribution in [3.63, 3.8) is 0 Å². The average Bonchev–Trinajstić information content (AvgIpc) is 2.30. The van der Waals surface area contributed by atoms with E-state index in [9.17, 15) is 5.11 Å². The minimum atomic E-state index is -0.102. The molecule has 0 fully saturated rings. The molecule has 1 aromatic heterocycles. The molecule has 76 valence electrons. The third-order valence-corrected chi connectivity index (χ3v) is 2.23. The fourth-order valence-electron chi connectivity index (χ4n) is 1.52. The van der Waals surface area contributed by atoms with Crippen LogP contribution in [-0.2, 0) is 6.61 Å². The fraction of sp³-hybridized carbons (Fsp3) is 0.0833. The maximum Gasteiger partial charge on any atom is 0.123 e. The van der Waals surface area contributed by atoms with E-state index in [2.05, 4.69) is 4.98 Å². The lowest BCUT2D eigenvalue weighted by atomic mass is 10.0. The normalized spacial score (nSPS) is 10.2. The molecule has 0 unspecified atom stereocenters. The van der Waals surface area contributed by atoms with Crippen molar-refractivity contribution in [3.8, 4) is 11.1 Å². The summed E-state index contributed by atoms with van der Waals surface area (Å²) in [5.74, 6) is 0.429. The van der Waals surface area contributed by atoms with Gasteiger partial charge in [0.15, 0.2) is 0 Å². The second kappa shape index (κ2) is 4.11. The number of nitrogens with two attached hydrogens (primary N) is 1. The first-order valence-corrected chi connectivity index (χ1v) is 4.73. The summed E-state index contributed by atoms with van der Waals surface area (Å²) in [6.07, 6.45) is 0. The molecule has 3 heteroatoms. The number of nitrogens with zero attached hydrogens (tertiary/aromatic N) is 1. The van der Waals surface area contributed by atoms with E-state index in [1.54, 1.807) is 6.07 Å². The molecule has 1 heterocycles. The highest BCUT2D eigenvalue weighted by Gasteiger charge is 2.05. The summed E-state index contributed by atoms with van der Waals surface area (Å²) in [5.41, 5.74) is 8.13. The summed E-state index contributed by atoms with van der Waals surface area (Å²) in [6, 6.07) is 13.4. The number of hydrogen-bond acceptors (Lipinski definition) is 3. The fourth-order valence-corrected chi connectivity index (χ4v) is 1.52. The zero-order chi connectivity index (χ0) is 10.7. The molecular weight excluding hydrogens is 188 g/mol. The van der Waals surface area contributed by atoms with Gasteiger partial charge in [0.2, 0.25) is 0 Å². The predicted molar refractivity (Wildman–Crippen MR) is 60.0 cm³/mol. The smallest absolute Gasteiger partial charge is 0.123 e. The van der Waals surface area contributed by atoms with Crippen LogP contribution in [0.25, 0.3) is 11.1 Å². The van der Waals surface area contributed by atoms with E-state index in [1.165, 1.54) is 0 Å². The topological polar surface area (TPSA) is 59.1 Å². The number of benzene rings is 1. The van der Waals surface area contributed by atoms with Gasteiger partial charge in [-0.15, -0.1) is 0 Å². The van der Waals surface area contributed by atoms with Gasteiger partial charge >= 0.3 is 0 Å². The van der Waals surface area contributed by atoms with Crippen molar-refractivity contribution in [1.82, 2.24) is 4.98 Å². The van der Waals surface area contributed by atoms with Crippen molar-refractivity contribution in [2.24, 2.45) is 0 Å². The molecule has 0 amide bonds. The Morgan fingerprint density at radius 3 is 2.47 bits per heavy atom. The molecule has 2 aromatic rings. The van der Waals surface area contributed by atoms with E-state index in [1.807, 2.05) is 36.4 Å². The molecule has 0 aliphatic carbocycles. The van der Waals surface area contributed by atoms with Crippen LogP contribution < -0.4 is 5.73 Å². The first-order valence-electron chi connectivity index (χ1n) is 4.73. The van der Waals surface area contributed by atoms with Gasteiger partial charge in [-0.05, 0) is 17.7 Å². The van der Waals surface area contributed by atoms with E-state index in [-0.39, 0.29) is 6.61 Å². The second-order valence-corrected chi connectivity index (χ2v) is 3.25. The van der Waals surface area contributed by atoms with E-state index in [0.717, 1.165) is 11.1 Å². The Kier molecular flexibility index (Phi) is 2.65. The lowest BCUT2D eigenvalue weighted by Crippen LogP contribution is -1.98.